The minimum atomic E-state index is -0.491. The van der Waals surface area contributed by atoms with E-state index in [1.807, 2.05) is 0 Å². The van der Waals surface area contributed by atoms with Crippen molar-refractivity contribution in [1.82, 2.24) is 10.3 Å². The third-order valence-electron chi connectivity index (χ3n) is 2.69. The molecular weight excluding hydrogens is 238 g/mol. The van der Waals surface area contributed by atoms with Crippen LogP contribution in [0.2, 0.25) is 10.3 Å². The number of nitrogens with one attached hydrogen (secondary N) is 1. The topological polar surface area (TPSA) is 24.9 Å². The van der Waals surface area contributed by atoms with Gasteiger partial charge in [-0.1, -0.05) is 23.2 Å². The highest BCUT2D eigenvalue weighted by Crippen LogP contribution is 2.31. The monoisotopic (exact) mass is 248 g/mol. The predicted molar refractivity (Wildman–Crippen MR) is 59.1 cm³/mol. The Labute approximate surface area is 97.8 Å². The maximum Gasteiger partial charge on any atom is 0.166 e. The summed E-state index contributed by atoms with van der Waals surface area (Å²) < 4.78 is 13.2. The van der Waals surface area contributed by atoms with Crippen molar-refractivity contribution in [2.45, 2.75) is 18.8 Å². The van der Waals surface area contributed by atoms with Gasteiger partial charge in [0.25, 0.3) is 0 Å². The van der Waals surface area contributed by atoms with E-state index < -0.39 is 5.82 Å². The third-order valence-corrected chi connectivity index (χ3v) is 3.26. The van der Waals surface area contributed by atoms with E-state index in [1.165, 1.54) is 6.07 Å². The molecule has 0 amide bonds. The van der Waals surface area contributed by atoms with Gasteiger partial charge in [-0.25, -0.2) is 9.37 Å². The van der Waals surface area contributed by atoms with Gasteiger partial charge in [0.1, 0.15) is 5.15 Å². The Kier molecular flexibility index (Phi) is 3.44. The summed E-state index contributed by atoms with van der Waals surface area (Å²) in [6, 6.07) is 1.41. The first-order valence-corrected chi connectivity index (χ1v) is 5.66. The SMILES string of the molecule is Fc1cc(C2CCNCC2)c(Cl)nc1Cl. The lowest BCUT2D eigenvalue weighted by molar-refractivity contribution is 0.457. The fraction of sp³-hybridized carbons (Fsp3) is 0.500. The highest BCUT2D eigenvalue weighted by atomic mass is 35.5. The van der Waals surface area contributed by atoms with Gasteiger partial charge < -0.3 is 5.32 Å². The van der Waals surface area contributed by atoms with Gasteiger partial charge in [-0.2, -0.15) is 0 Å². The fourth-order valence-electron chi connectivity index (χ4n) is 1.88. The van der Waals surface area contributed by atoms with Crippen LogP contribution in [0.15, 0.2) is 6.07 Å². The van der Waals surface area contributed by atoms with E-state index in [0.717, 1.165) is 31.5 Å². The molecule has 0 spiro atoms. The molecule has 0 radical (unpaired) electrons. The fourth-order valence-corrected chi connectivity index (χ4v) is 2.35. The first-order chi connectivity index (χ1) is 7.18. The van der Waals surface area contributed by atoms with Gasteiger partial charge in [-0.05, 0) is 43.5 Å². The molecular formula is C10H11Cl2FN2. The van der Waals surface area contributed by atoms with Crippen LogP contribution in [-0.4, -0.2) is 18.1 Å². The number of piperidine rings is 1. The number of aromatic nitrogens is 1. The van der Waals surface area contributed by atoms with Gasteiger partial charge in [0.2, 0.25) is 0 Å². The largest absolute Gasteiger partial charge is 0.317 e. The van der Waals surface area contributed by atoms with Crippen LogP contribution < -0.4 is 5.32 Å². The molecule has 0 unspecified atom stereocenters. The van der Waals surface area contributed by atoms with Crippen molar-refractivity contribution in [1.29, 1.82) is 0 Å². The smallest absolute Gasteiger partial charge is 0.166 e. The van der Waals surface area contributed by atoms with Crippen LogP contribution in [0.1, 0.15) is 24.3 Å². The van der Waals surface area contributed by atoms with E-state index in [9.17, 15) is 4.39 Å². The van der Waals surface area contributed by atoms with Crippen molar-refractivity contribution < 1.29 is 4.39 Å². The lowest BCUT2D eigenvalue weighted by atomic mass is 9.91. The number of hydrogen-bond acceptors (Lipinski definition) is 2. The van der Waals surface area contributed by atoms with Crippen LogP contribution in [-0.2, 0) is 0 Å². The molecule has 15 heavy (non-hydrogen) atoms. The quantitative estimate of drug-likeness (QED) is 0.774. The van der Waals surface area contributed by atoms with Crippen molar-refractivity contribution in [3.63, 3.8) is 0 Å². The number of rotatable bonds is 1. The van der Waals surface area contributed by atoms with E-state index in [0.29, 0.717) is 5.15 Å². The van der Waals surface area contributed by atoms with Crippen molar-refractivity contribution in [3.8, 4) is 0 Å². The summed E-state index contributed by atoms with van der Waals surface area (Å²) in [5.41, 5.74) is 0.778. The van der Waals surface area contributed by atoms with Gasteiger partial charge >= 0.3 is 0 Å². The van der Waals surface area contributed by atoms with E-state index in [1.54, 1.807) is 0 Å². The predicted octanol–water partition coefficient (Wildman–Crippen LogP) is 2.99. The molecule has 5 heteroatoms. The minimum absolute atomic E-state index is 0.155. The van der Waals surface area contributed by atoms with Crippen LogP contribution >= 0.6 is 23.2 Å². The first-order valence-electron chi connectivity index (χ1n) is 4.90. The van der Waals surface area contributed by atoms with Crippen molar-refractivity contribution in [2.75, 3.05) is 13.1 Å². The summed E-state index contributed by atoms with van der Waals surface area (Å²) in [5, 5.41) is 3.42. The second-order valence-electron chi connectivity index (χ2n) is 3.67. The number of hydrogen-bond donors (Lipinski definition) is 1. The molecule has 0 aromatic carbocycles. The Morgan fingerprint density at radius 2 is 1.93 bits per heavy atom. The average Bonchev–Trinajstić information content (AvgIpc) is 2.25. The molecule has 1 fully saturated rings. The third kappa shape index (κ3) is 2.41. The van der Waals surface area contributed by atoms with Gasteiger partial charge in [0.15, 0.2) is 11.0 Å². The maximum absolute atomic E-state index is 13.2. The summed E-state index contributed by atoms with van der Waals surface area (Å²) in [5.74, 6) is -0.201. The second kappa shape index (κ2) is 4.64. The minimum Gasteiger partial charge on any atom is -0.317 e. The Morgan fingerprint density at radius 3 is 2.60 bits per heavy atom. The molecule has 1 N–H and O–H groups in total. The van der Waals surface area contributed by atoms with E-state index in [2.05, 4.69) is 10.3 Å². The summed E-state index contributed by atoms with van der Waals surface area (Å²) in [6.45, 7) is 1.87. The van der Waals surface area contributed by atoms with Gasteiger partial charge in [0.05, 0.1) is 0 Å². The normalized spacial score (nSPS) is 18.1. The molecule has 0 saturated carbocycles. The zero-order chi connectivity index (χ0) is 10.8. The Hall–Kier alpha value is -0.380. The molecule has 0 aliphatic carbocycles. The number of nitrogens with zero attached hydrogens (tertiary/aromatic N) is 1. The molecule has 0 atom stereocenters. The van der Waals surface area contributed by atoms with Crippen LogP contribution in [0, 0.1) is 5.82 Å². The zero-order valence-corrected chi connectivity index (χ0v) is 9.58. The zero-order valence-electron chi connectivity index (χ0n) is 8.06. The lowest BCUT2D eigenvalue weighted by Crippen LogP contribution is -2.26. The molecule has 0 bridgehead atoms. The molecule has 1 aromatic rings. The van der Waals surface area contributed by atoms with Crippen LogP contribution in [0.5, 0.6) is 0 Å². The second-order valence-corrected chi connectivity index (χ2v) is 4.38. The van der Waals surface area contributed by atoms with Gasteiger partial charge in [0, 0.05) is 0 Å². The molecule has 1 aliphatic rings. The summed E-state index contributed by atoms with van der Waals surface area (Å²) in [6.07, 6.45) is 1.92. The van der Waals surface area contributed by atoms with Crippen molar-refractivity contribution in [2.24, 2.45) is 0 Å². The van der Waals surface area contributed by atoms with Crippen LogP contribution in [0.3, 0.4) is 0 Å². The Morgan fingerprint density at radius 1 is 1.27 bits per heavy atom. The van der Waals surface area contributed by atoms with Gasteiger partial charge in [-0.3, -0.25) is 0 Å². The Balaban J connectivity index is 2.30. The summed E-state index contributed by atoms with van der Waals surface area (Å²) in [7, 11) is 0. The lowest BCUT2D eigenvalue weighted by Gasteiger charge is -2.23. The standard InChI is InChI=1S/C10H11Cl2FN2/c11-9-7(5-8(13)10(12)15-9)6-1-3-14-4-2-6/h5-6,14H,1-4H2. The van der Waals surface area contributed by atoms with E-state index >= 15 is 0 Å². The van der Waals surface area contributed by atoms with Gasteiger partial charge in [-0.15, -0.1) is 0 Å². The maximum atomic E-state index is 13.2. The van der Waals surface area contributed by atoms with Crippen LogP contribution in [0.25, 0.3) is 0 Å². The Bertz CT molecular complexity index is 365. The van der Waals surface area contributed by atoms with Crippen molar-refractivity contribution >= 4 is 23.2 Å². The highest BCUT2D eigenvalue weighted by molar-refractivity contribution is 6.33. The summed E-state index contributed by atoms with van der Waals surface area (Å²) >= 11 is 11.5. The molecule has 2 rings (SSSR count). The number of halogens is 3. The number of pyridine rings is 1. The first kappa shape index (κ1) is 11.1. The molecule has 1 aliphatic heterocycles. The van der Waals surface area contributed by atoms with Crippen LogP contribution in [0.4, 0.5) is 4.39 Å². The van der Waals surface area contributed by atoms with Crippen molar-refractivity contribution in [3.05, 3.63) is 27.8 Å². The molecule has 2 nitrogen and oxygen atoms in total. The molecule has 1 aromatic heterocycles. The molecule has 82 valence electrons. The molecule has 2 heterocycles. The summed E-state index contributed by atoms with van der Waals surface area (Å²) in [4.78, 5) is 3.78. The van der Waals surface area contributed by atoms with E-state index in [-0.39, 0.29) is 11.1 Å². The average molecular weight is 249 g/mol. The molecule has 1 saturated heterocycles. The highest BCUT2D eigenvalue weighted by Gasteiger charge is 2.20. The van der Waals surface area contributed by atoms with E-state index in [4.69, 9.17) is 23.2 Å².